The van der Waals surface area contributed by atoms with Crippen molar-refractivity contribution in [1.29, 1.82) is 5.26 Å². The van der Waals surface area contributed by atoms with Crippen molar-refractivity contribution in [2.75, 3.05) is 0 Å². The second kappa shape index (κ2) is 7.79. The molecule has 2 atom stereocenters. The first-order chi connectivity index (χ1) is 11.7. The van der Waals surface area contributed by atoms with Gasteiger partial charge in [0.2, 0.25) is 5.91 Å². The lowest BCUT2D eigenvalue weighted by molar-refractivity contribution is -0.128. The third-order valence-corrected chi connectivity index (χ3v) is 5.06. The molecule has 1 aromatic carbocycles. The lowest BCUT2D eigenvalue weighted by Crippen LogP contribution is -2.54. The highest BCUT2D eigenvalue weighted by Gasteiger charge is 2.56. The molecule has 0 saturated heterocycles. The molecule has 1 aliphatic rings. The van der Waals surface area contributed by atoms with Crippen molar-refractivity contribution in [2.45, 2.75) is 57.2 Å². The maximum absolute atomic E-state index is 14.1. The fourth-order valence-corrected chi connectivity index (χ4v) is 3.47. The first-order valence-electron chi connectivity index (χ1n) is 8.24. The third-order valence-electron chi connectivity index (χ3n) is 4.53. The van der Waals surface area contributed by atoms with Crippen LogP contribution in [0.1, 0.15) is 44.7 Å². The first-order valence-corrected chi connectivity index (χ1v) is 9.04. The molecule has 4 nitrogen and oxygen atoms in total. The van der Waals surface area contributed by atoms with Crippen molar-refractivity contribution in [1.82, 2.24) is 4.90 Å². The lowest BCUT2D eigenvalue weighted by atomic mass is 9.94. The maximum atomic E-state index is 14.1. The minimum Gasteiger partial charge on any atom is -0.368 e. The molecule has 0 aliphatic heterocycles. The molecule has 1 aromatic rings. The predicted molar refractivity (Wildman–Crippen MR) is 94.7 cm³/mol. The first kappa shape index (κ1) is 19.8. The second-order valence-electron chi connectivity index (χ2n) is 6.93. The van der Waals surface area contributed by atoms with Gasteiger partial charge in [0.1, 0.15) is 5.54 Å². The second-order valence-corrected chi connectivity index (χ2v) is 7.84. The predicted octanol–water partition coefficient (Wildman–Crippen LogP) is 4.01. The molecular formula is C18H22BrF2N3O. The number of primary amides is 1. The minimum atomic E-state index is -2.75. The number of amides is 1. The van der Waals surface area contributed by atoms with Crippen LogP contribution in [0.2, 0.25) is 0 Å². The van der Waals surface area contributed by atoms with Crippen molar-refractivity contribution in [3.8, 4) is 6.07 Å². The highest BCUT2D eigenvalue weighted by molar-refractivity contribution is 9.10. The van der Waals surface area contributed by atoms with Crippen molar-refractivity contribution in [3.63, 3.8) is 0 Å². The summed E-state index contributed by atoms with van der Waals surface area (Å²) < 4.78 is 28.9. The minimum absolute atomic E-state index is 0.0812. The van der Waals surface area contributed by atoms with E-state index in [-0.39, 0.29) is 5.92 Å². The summed E-state index contributed by atoms with van der Waals surface area (Å²) in [6.07, 6.45) is -1.49. The molecule has 0 aromatic heterocycles. The lowest BCUT2D eigenvalue weighted by Gasteiger charge is -2.40. The summed E-state index contributed by atoms with van der Waals surface area (Å²) in [5.41, 5.74) is 4.88. The maximum Gasteiger partial charge on any atom is 0.258 e. The molecule has 0 bridgehead atoms. The molecule has 2 rings (SSSR count). The van der Waals surface area contributed by atoms with Gasteiger partial charge < -0.3 is 5.73 Å². The monoisotopic (exact) mass is 413 g/mol. The normalized spacial score (nSPS) is 18.2. The summed E-state index contributed by atoms with van der Waals surface area (Å²) in [6.45, 7) is 3.80. The molecule has 1 saturated carbocycles. The van der Waals surface area contributed by atoms with Gasteiger partial charge in [-0.3, -0.25) is 9.69 Å². The summed E-state index contributed by atoms with van der Waals surface area (Å²) >= 11 is 3.29. The summed E-state index contributed by atoms with van der Waals surface area (Å²) in [4.78, 5) is 13.5. The van der Waals surface area contributed by atoms with Gasteiger partial charge in [0.25, 0.3) is 6.43 Å². The highest BCUT2D eigenvalue weighted by Crippen LogP contribution is 2.49. The van der Waals surface area contributed by atoms with Gasteiger partial charge in [-0.1, -0.05) is 41.9 Å². The Bertz CT molecular complexity index is 653. The molecule has 0 unspecified atom stereocenters. The van der Waals surface area contributed by atoms with Crippen LogP contribution in [0, 0.1) is 17.2 Å². The highest BCUT2D eigenvalue weighted by atomic mass is 79.9. The zero-order valence-corrected chi connectivity index (χ0v) is 15.8. The Balaban J connectivity index is 2.53. The number of halogens is 3. The molecule has 0 spiro atoms. The average Bonchev–Trinajstić information content (AvgIpc) is 3.32. The molecule has 2 N–H and O–H groups in total. The van der Waals surface area contributed by atoms with Crippen molar-refractivity contribution >= 4 is 21.8 Å². The molecule has 1 fully saturated rings. The number of benzene rings is 1. The Morgan fingerprint density at radius 2 is 1.92 bits per heavy atom. The van der Waals surface area contributed by atoms with Crippen LogP contribution in [0.5, 0.6) is 0 Å². The largest absolute Gasteiger partial charge is 0.368 e. The Hall–Kier alpha value is -1.52. The van der Waals surface area contributed by atoms with E-state index in [1.54, 1.807) is 24.3 Å². The van der Waals surface area contributed by atoms with Gasteiger partial charge in [-0.25, -0.2) is 8.78 Å². The summed E-state index contributed by atoms with van der Waals surface area (Å²) in [5.74, 6) is -0.587. The van der Waals surface area contributed by atoms with E-state index in [9.17, 15) is 18.8 Å². The molecular weight excluding hydrogens is 392 g/mol. The smallest absolute Gasteiger partial charge is 0.258 e. The van der Waals surface area contributed by atoms with Gasteiger partial charge in [-0.15, -0.1) is 0 Å². The quantitative estimate of drug-likeness (QED) is 0.699. The van der Waals surface area contributed by atoms with Crippen LogP contribution in [0.25, 0.3) is 0 Å². The van der Waals surface area contributed by atoms with E-state index in [4.69, 9.17) is 5.73 Å². The molecule has 0 radical (unpaired) electrons. The zero-order valence-electron chi connectivity index (χ0n) is 14.3. The fourth-order valence-electron chi connectivity index (χ4n) is 3.21. The Kier molecular flexibility index (Phi) is 6.17. The number of nitrogens with two attached hydrogens (primary N) is 1. The summed E-state index contributed by atoms with van der Waals surface area (Å²) in [5, 5.41) is 9.62. The number of carbonyl (C=O) groups is 1. The van der Waals surface area contributed by atoms with Crippen LogP contribution in [-0.2, 0) is 4.79 Å². The van der Waals surface area contributed by atoms with Crippen LogP contribution in [0.15, 0.2) is 28.7 Å². The topological polar surface area (TPSA) is 70.1 Å². The number of nitriles is 1. The molecule has 25 heavy (non-hydrogen) atoms. The Labute approximate surface area is 155 Å². The summed E-state index contributed by atoms with van der Waals surface area (Å²) in [6, 6.07) is 6.42. The van der Waals surface area contributed by atoms with Crippen molar-refractivity contribution in [2.24, 2.45) is 11.7 Å². The molecule has 136 valence electrons. The van der Waals surface area contributed by atoms with Gasteiger partial charge >= 0.3 is 0 Å². The standard InChI is InChI=1S/C18H22BrF2N3O/c1-11(2)9-14(17(23)25)24(18(10-22)7-8-18)15(16(20)21)12-3-5-13(19)6-4-12/h3-6,11,14-16H,7-9H2,1-2H3,(H2,23,25)/t14-,15-/m0/s1. The molecule has 7 heteroatoms. The van der Waals surface area contributed by atoms with E-state index in [0.717, 1.165) is 4.47 Å². The van der Waals surface area contributed by atoms with Gasteiger partial charge in [0.15, 0.2) is 0 Å². The Morgan fingerprint density at radius 1 is 1.36 bits per heavy atom. The van der Waals surface area contributed by atoms with E-state index in [0.29, 0.717) is 24.8 Å². The van der Waals surface area contributed by atoms with E-state index in [1.807, 2.05) is 13.8 Å². The van der Waals surface area contributed by atoms with E-state index in [1.165, 1.54) is 4.90 Å². The van der Waals surface area contributed by atoms with Crippen LogP contribution in [0.3, 0.4) is 0 Å². The van der Waals surface area contributed by atoms with Gasteiger partial charge in [0.05, 0.1) is 18.2 Å². The van der Waals surface area contributed by atoms with Crippen LogP contribution in [0.4, 0.5) is 8.78 Å². The molecule has 1 aliphatic carbocycles. The average molecular weight is 414 g/mol. The van der Waals surface area contributed by atoms with E-state index >= 15 is 0 Å². The number of alkyl halides is 2. The van der Waals surface area contributed by atoms with Crippen LogP contribution < -0.4 is 5.73 Å². The zero-order chi connectivity index (χ0) is 18.8. The Morgan fingerprint density at radius 3 is 2.28 bits per heavy atom. The van der Waals surface area contributed by atoms with Crippen molar-refractivity contribution in [3.05, 3.63) is 34.3 Å². The number of hydrogen-bond acceptors (Lipinski definition) is 3. The third kappa shape index (κ3) is 4.36. The molecule has 1 amide bonds. The number of nitrogens with zero attached hydrogens (tertiary/aromatic N) is 2. The SMILES string of the molecule is CC(C)C[C@@H](C(N)=O)N([C@@H](c1ccc(Br)cc1)C(F)F)C1(C#N)CC1. The van der Waals surface area contributed by atoms with Crippen LogP contribution >= 0.6 is 15.9 Å². The number of carbonyl (C=O) groups excluding carboxylic acids is 1. The van der Waals surface area contributed by atoms with E-state index < -0.39 is 30.0 Å². The number of rotatable bonds is 8. The van der Waals surface area contributed by atoms with Crippen molar-refractivity contribution < 1.29 is 13.6 Å². The summed E-state index contributed by atoms with van der Waals surface area (Å²) in [7, 11) is 0. The molecule has 0 heterocycles. The fraction of sp³-hybridized carbons (Fsp3) is 0.556. The van der Waals surface area contributed by atoms with Crippen LogP contribution in [-0.4, -0.2) is 28.8 Å². The van der Waals surface area contributed by atoms with Gasteiger partial charge in [-0.05, 0) is 42.9 Å². The van der Waals surface area contributed by atoms with Gasteiger partial charge in [0, 0.05) is 4.47 Å². The number of hydrogen-bond donors (Lipinski definition) is 1. The van der Waals surface area contributed by atoms with Gasteiger partial charge in [-0.2, -0.15) is 5.26 Å². The van der Waals surface area contributed by atoms with E-state index in [2.05, 4.69) is 22.0 Å².